The topological polar surface area (TPSA) is 67.5 Å². The molecule has 0 saturated carbocycles. The zero-order valence-electron chi connectivity index (χ0n) is 14.6. The summed E-state index contributed by atoms with van der Waals surface area (Å²) in [5.74, 6) is 0. The van der Waals surface area contributed by atoms with Crippen LogP contribution in [-0.2, 0) is 4.74 Å². The van der Waals surface area contributed by atoms with Gasteiger partial charge in [-0.3, -0.25) is 4.90 Å². The number of piperazine rings is 1. The standard InChI is InChI=1S/C17H25N3O2.2ClH.H2O/c1-18-14-16(22-17(18)21)8-5-9-19-10-12-20(13-11-19)15-6-3-2-4-7-15;;;/h2-4,6-7,16H,5,8-14H2,1H3;2*1H;1H2. The predicted octanol–water partition coefficient (Wildman–Crippen LogP) is 2.06. The Labute approximate surface area is 162 Å². The summed E-state index contributed by atoms with van der Waals surface area (Å²) in [6.45, 7) is 6.23. The molecular weight excluding hydrogens is 365 g/mol. The molecule has 1 unspecified atom stereocenters. The maximum atomic E-state index is 11.3. The van der Waals surface area contributed by atoms with Crippen molar-refractivity contribution in [2.45, 2.75) is 18.9 Å². The second-order valence-electron chi connectivity index (χ2n) is 6.19. The van der Waals surface area contributed by atoms with Crippen molar-refractivity contribution in [3.63, 3.8) is 0 Å². The lowest BCUT2D eigenvalue weighted by Gasteiger charge is -2.36. The van der Waals surface area contributed by atoms with E-state index in [9.17, 15) is 4.79 Å². The fourth-order valence-electron chi connectivity index (χ4n) is 3.21. The summed E-state index contributed by atoms with van der Waals surface area (Å²) in [7, 11) is 1.80. The number of hydrogen-bond acceptors (Lipinski definition) is 4. The summed E-state index contributed by atoms with van der Waals surface area (Å²) >= 11 is 0. The first-order chi connectivity index (χ1) is 10.7. The van der Waals surface area contributed by atoms with E-state index in [1.54, 1.807) is 11.9 Å². The molecule has 2 saturated heterocycles. The number of cyclic esters (lactones) is 1. The lowest BCUT2D eigenvalue weighted by Crippen LogP contribution is -2.46. The molecule has 8 heteroatoms. The Morgan fingerprint density at radius 3 is 2.28 bits per heavy atom. The van der Waals surface area contributed by atoms with Crippen molar-refractivity contribution in [3.8, 4) is 0 Å². The Morgan fingerprint density at radius 1 is 1.08 bits per heavy atom. The number of hydrogen-bond donors (Lipinski definition) is 0. The van der Waals surface area contributed by atoms with E-state index in [1.807, 2.05) is 0 Å². The number of benzene rings is 1. The number of carbonyl (C=O) groups is 1. The number of carbonyl (C=O) groups excluding carboxylic acids is 1. The van der Waals surface area contributed by atoms with E-state index in [0.29, 0.717) is 0 Å². The van der Waals surface area contributed by atoms with Gasteiger partial charge >= 0.3 is 6.09 Å². The van der Waals surface area contributed by atoms with Gasteiger partial charge in [0.05, 0.1) is 6.54 Å². The number of amides is 1. The largest absolute Gasteiger partial charge is 0.444 e. The van der Waals surface area contributed by atoms with Gasteiger partial charge < -0.3 is 20.0 Å². The van der Waals surface area contributed by atoms with E-state index in [4.69, 9.17) is 4.74 Å². The molecular formula is C17H29Cl2N3O3. The fraction of sp³-hybridized carbons (Fsp3) is 0.588. The normalized spacial score (nSPS) is 20.2. The minimum absolute atomic E-state index is 0. The zero-order chi connectivity index (χ0) is 15.4. The molecule has 6 nitrogen and oxygen atoms in total. The monoisotopic (exact) mass is 393 g/mol. The first kappa shape index (κ1) is 23.8. The quantitative estimate of drug-likeness (QED) is 0.767. The molecule has 0 spiro atoms. The number of para-hydroxylation sites is 1. The van der Waals surface area contributed by atoms with Crippen molar-refractivity contribution in [2.75, 3.05) is 51.2 Å². The SMILES string of the molecule is CN1CC(CCCN2CCN(c3ccccc3)CC2)OC1=O.Cl.Cl.O. The maximum Gasteiger partial charge on any atom is 0.409 e. The highest BCUT2D eigenvalue weighted by Gasteiger charge is 2.27. The summed E-state index contributed by atoms with van der Waals surface area (Å²) in [5, 5.41) is 0. The summed E-state index contributed by atoms with van der Waals surface area (Å²) < 4.78 is 5.30. The number of halogens is 2. The minimum Gasteiger partial charge on any atom is -0.444 e. The summed E-state index contributed by atoms with van der Waals surface area (Å²) in [6, 6.07) is 10.6. The lowest BCUT2D eigenvalue weighted by molar-refractivity contribution is 0.126. The van der Waals surface area contributed by atoms with E-state index < -0.39 is 0 Å². The Balaban J connectivity index is 0.00000192. The highest BCUT2D eigenvalue weighted by atomic mass is 35.5. The van der Waals surface area contributed by atoms with Crippen molar-refractivity contribution < 1.29 is 15.0 Å². The van der Waals surface area contributed by atoms with Crippen LogP contribution in [0.2, 0.25) is 0 Å². The third kappa shape index (κ3) is 6.55. The van der Waals surface area contributed by atoms with Gasteiger partial charge in [-0.25, -0.2) is 4.79 Å². The summed E-state index contributed by atoms with van der Waals surface area (Å²) in [6.07, 6.45) is 1.97. The second-order valence-corrected chi connectivity index (χ2v) is 6.19. The van der Waals surface area contributed by atoms with Crippen molar-refractivity contribution >= 4 is 36.6 Å². The molecule has 2 fully saturated rings. The third-order valence-corrected chi connectivity index (χ3v) is 4.55. The molecule has 2 aliphatic rings. The molecule has 2 N–H and O–H groups in total. The first-order valence-corrected chi connectivity index (χ1v) is 8.16. The Bertz CT molecular complexity index is 499. The van der Waals surface area contributed by atoms with E-state index >= 15 is 0 Å². The third-order valence-electron chi connectivity index (χ3n) is 4.55. The highest BCUT2D eigenvalue weighted by Crippen LogP contribution is 2.17. The van der Waals surface area contributed by atoms with Gasteiger partial charge in [-0.15, -0.1) is 24.8 Å². The van der Waals surface area contributed by atoms with Crippen LogP contribution in [0.4, 0.5) is 10.5 Å². The maximum absolute atomic E-state index is 11.3. The van der Waals surface area contributed by atoms with Crippen LogP contribution in [0.25, 0.3) is 0 Å². The smallest absolute Gasteiger partial charge is 0.409 e. The molecule has 25 heavy (non-hydrogen) atoms. The van der Waals surface area contributed by atoms with Crippen molar-refractivity contribution in [1.82, 2.24) is 9.80 Å². The highest BCUT2D eigenvalue weighted by molar-refractivity contribution is 5.85. The predicted molar refractivity (Wildman–Crippen MR) is 105 cm³/mol. The minimum atomic E-state index is -0.179. The van der Waals surface area contributed by atoms with Gasteiger partial charge in [0, 0.05) is 38.9 Å². The van der Waals surface area contributed by atoms with Crippen LogP contribution in [-0.4, -0.2) is 73.8 Å². The molecule has 0 bridgehead atoms. The number of nitrogens with zero attached hydrogens (tertiary/aromatic N) is 3. The Morgan fingerprint density at radius 2 is 1.72 bits per heavy atom. The molecule has 1 aromatic carbocycles. The molecule has 0 radical (unpaired) electrons. The van der Waals surface area contributed by atoms with Gasteiger partial charge in [0.25, 0.3) is 0 Å². The molecule has 2 heterocycles. The second kappa shape index (κ2) is 11.4. The van der Waals surface area contributed by atoms with Gasteiger partial charge in [-0.1, -0.05) is 18.2 Å². The average Bonchev–Trinajstić information content (AvgIpc) is 2.87. The molecule has 1 atom stereocenters. The van der Waals surface area contributed by atoms with Gasteiger partial charge in [-0.2, -0.15) is 0 Å². The van der Waals surface area contributed by atoms with E-state index in [0.717, 1.165) is 52.1 Å². The molecule has 144 valence electrons. The zero-order valence-corrected chi connectivity index (χ0v) is 16.2. The molecule has 1 amide bonds. The Hall–Kier alpha value is -1.21. The van der Waals surface area contributed by atoms with E-state index in [1.165, 1.54) is 5.69 Å². The van der Waals surface area contributed by atoms with Crippen molar-refractivity contribution in [2.24, 2.45) is 0 Å². The molecule has 0 aromatic heterocycles. The lowest BCUT2D eigenvalue weighted by atomic mass is 10.1. The first-order valence-electron chi connectivity index (χ1n) is 8.16. The van der Waals surface area contributed by atoms with Crippen LogP contribution in [0.5, 0.6) is 0 Å². The van der Waals surface area contributed by atoms with Crippen molar-refractivity contribution in [3.05, 3.63) is 30.3 Å². The van der Waals surface area contributed by atoms with E-state index in [2.05, 4.69) is 40.1 Å². The van der Waals surface area contributed by atoms with Gasteiger partial charge in [-0.05, 0) is 31.5 Å². The van der Waals surface area contributed by atoms with Crippen LogP contribution in [0, 0.1) is 0 Å². The number of ether oxygens (including phenoxy) is 1. The van der Waals surface area contributed by atoms with Gasteiger partial charge in [0.1, 0.15) is 6.10 Å². The summed E-state index contributed by atoms with van der Waals surface area (Å²) in [4.78, 5) is 17.9. The fourth-order valence-corrected chi connectivity index (χ4v) is 3.21. The van der Waals surface area contributed by atoms with Crippen LogP contribution >= 0.6 is 24.8 Å². The van der Waals surface area contributed by atoms with Gasteiger partial charge in [0.15, 0.2) is 0 Å². The number of anilines is 1. The molecule has 2 aliphatic heterocycles. The van der Waals surface area contributed by atoms with Crippen LogP contribution in [0.1, 0.15) is 12.8 Å². The van der Waals surface area contributed by atoms with Crippen LogP contribution in [0.3, 0.4) is 0 Å². The van der Waals surface area contributed by atoms with Crippen LogP contribution in [0.15, 0.2) is 30.3 Å². The van der Waals surface area contributed by atoms with Gasteiger partial charge in [0.2, 0.25) is 0 Å². The Kier molecular flexibility index (Phi) is 10.9. The molecule has 0 aliphatic carbocycles. The van der Waals surface area contributed by atoms with E-state index in [-0.39, 0.29) is 42.5 Å². The molecule has 3 rings (SSSR count). The molecule has 1 aromatic rings. The number of likely N-dealkylation sites (N-methyl/N-ethyl adjacent to an activating group) is 1. The van der Waals surface area contributed by atoms with Crippen LogP contribution < -0.4 is 4.90 Å². The van der Waals surface area contributed by atoms with Crippen molar-refractivity contribution in [1.29, 1.82) is 0 Å². The summed E-state index contributed by atoms with van der Waals surface area (Å²) in [5.41, 5.74) is 1.32. The number of rotatable bonds is 5. The average molecular weight is 394 g/mol.